The molecule has 0 aliphatic rings. The van der Waals surface area contributed by atoms with E-state index in [4.69, 9.17) is 0 Å². The SMILES string of the molecule is CNCC(=O)c1c[nH]c2nccc(Nc3cc(-c4ccc(F)cc4)ncc3C(C)C)c12. The maximum Gasteiger partial charge on any atom is 0.178 e. The second-order valence-corrected chi connectivity index (χ2v) is 7.68. The molecule has 4 rings (SSSR count). The number of nitrogens with one attached hydrogen (secondary N) is 3. The fourth-order valence-electron chi connectivity index (χ4n) is 3.59. The van der Waals surface area contributed by atoms with E-state index in [9.17, 15) is 9.18 Å². The molecule has 0 amide bonds. The van der Waals surface area contributed by atoms with Crippen molar-refractivity contribution in [2.24, 2.45) is 0 Å². The lowest BCUT2D eigenvalue weighted by atomic mass is 10.0. The predicted octanol–water partition coefficient (Wildman–Crippen LogP) is 5.03. The van der Waals surface area contributed by atoms with Gasteiger partial charge in [0.25, 0.3) is 0 Å². The monoisotopic (exact) mass is 417 g/mol. The zero-order valence-electron chi connectivity index (χ0n) is 17.7. The van der Waals surface area contributed by atoms with Crippen molar-refractivity contribution in [1.82, 2.24) is 20.3 Å². The molecule has 158 valence electrons. The lowest BCUT2D eigenvalue weighted by Crippen LogP contribution is -2.18. The molecule has 0 unspecified atom stereocenters. The number of rotatable bonds is 7. The van der Waals surface area contributed by atoms with E-state index < -0.39 is 0 Å². The average molecular weight is 417 g/mol. The normalized spacial score (nSPS) is 11.3. The quantitative estimate of drug-likeness (QED) is 0.367. The van der Waals surface area contributed by atoms with Crippen molar-refractivity contribution in [3.05, 3.63) is 71.9 Å². The smallest absolute Gasteiger partial charge is 0.178 e. The fourth-order valence-corrected chi connectivity index (χ4v) is 3.59. The molecule has 0 radical (unpaired) electrons. The average Bonchev–Trinajstić information content (AvgIpc) is 3.20. The number of aromatic nitrogens is 3. The molecule has 0 aliphatic heterocycles. The zero-order chi connectivity index (χ0) is 22.0. The van der Waals surface area contributed by atoms with Crippen LogP contribution in [0.2, 0.25) is 0 Å². The Bertz CT molecular complexity index is 1230. The third-order valence-electron chi connectivity index (χ3n) is 5.18. The molecule has 7 heteroatoms. The van der Waals surface area contributed by atoms with Crippen LogP contribution in [0.1, 0.15) is 35.7 Å². The molecular formula is C24H24FN5O. The number of aromatic amines is 1. The summed E-state index contributed by atoms with van der Waals surface area (Å²) in [5.74, 6) is -0.0758. The standard InChI is InChI=1S/C24H24FN5O/c1-14(2)17-11-28-20(15-4-6-16(25)7-5-15)10-21(17)30-19-8-9-27-24-23(19)18(12-29-24)22(31)13-26-3/h4-12,14,26H,13H2,1-3H3,(H2,27,28,29,30). The second-order valence-electron chi connectivity index (χ2n) is 7.68. The highest BCUT2D eigenvalue weighted by molar-refractivity contribution is 6.12. The van der Waals surface area contributed by atoms with Crippen molar-refractivity contribution in [3.63, 3.8) is 0 Å². The molecule has 0 fully saturated rings. The van der Waals surface area contributed by atoms with Gasteiger partial charge in [-0.15, -0.1) is 0 Å². The van der Waals surface area contributed by atoms with E-state index in [1.807, 2.05) is 18.3 Å². The third-order valence-corrected chi connectivity index (χ3v) is 5.18. The van der Waals surface area contributed by atoms with Crippen LogP contribution in [-0.4, -0.2) is 34.3 Å². The zero-order valence-corrected chi connectivity index (χ0v) is 17.7. The highest BCUT2D eigenvalue weighted by Gasteiger charge is 2.17. The third kappa shape index (κ3) is 4.18. The molecule has 0 spiro atoms. The molecule has 0 atom stereocenters. The van der Waals surface area contributed by atoms with Crippen LogP contribution in [-0.2, 0) is 0 Å². The number of hydrogen-bond donors (Lipinski definition) is 3. The molecular weight excluding hydrogens is 393 g/mol. The Morgan fingerprint density at radius 3 is 2.61 bits per heavy atom. The van der Waals surface area contributed by atoms with E-state index in [1.54, 1.807) is 31.6 Å². The van der Waals surface area contributed by atoms with Crippen LogP contribution in [0.15, 0.2) is 55.0 Å². The Morgan fingerprint density at radius 1 is 1.13 bits per heavy atom. The van der Waals surface area contributed by atoms with Crippen LogP contribution in [0.3, 0.4) is 0 Å². The molecule has 31 heavy (non-hydrogen) atoms. The van der Waals surface area contributed by atoms with Gasteiger partial charge in [-0.2, -0.15) is 0 Å². The number of halogens is 1. The lowest BCUT2D eigenvalue weighted by Gasteiger charge is -2.17. The number of benzene rings is 1. The molecule has 3 heterocycles. The van der Waals surface area contributed by atoms with Gasteiger partial charge in [-0.1, -0.05) is 13.8 Å². The number of H-pyrrole nitrogens is 1. The largest absolute Gasteiger partial charge is 0.355 e. The fraction of sp³-hybridized carbons (Fsp3) is 0.208. The topological polar surface area (TPSA) is 82.7 Å². The summed E-state index contributed by atoms with van der Waals surface area (Å²) in [4.78, 5) is 24.6. The molecule has 0 aliphatic carbocycles. The van der Waals surface area contributed by atoms with Gasteiger partial charge >= 0.3 is 0 Å². The number of nitrogens with zero attached hydrogens (tertiary/aromatic N) is 2. The number of pyridine rings is 2. The minimum Gasteiger partial charge on any atom is -0.355 e. The minimum atomic E-state index is -0.286. The van der Waals surface area contributed by atoms with Crippen molar-refractivity contribution < 1.29 is 9.18 Å². The summed E-state index contributed by atoms with van der Waals surface area (Å²) in [5, 5.41) is 7.15. The molecule has 0 saturated heterocycles. The number of carbonyl (C=O) groups is 1. The molecule has 0 bridgehead atoms. The van der Waals surface area contributed by atoms with Crippen molar-refractivity contribution >= 4 is 28.2 Å². The maximum absolute atomic E-state index is 13.3. The minimum absolute atomic E-state index is 0.0180. The summed E-state index contributed by atoms with van der Waals surface area (Å²) in [6.45, 7) is 4.43. The summed E-state index contributed by atoms with van der Waals surface area (Å²) in [6, 6.07) is 10.1. The molecule has 1 aromatic carbocycles. The molecule has 6 nitrogen and oxygen atoms in total. The predicted molar refractivity (Wildman–Crippen MR) is 121 cm³/mol. The van der Waals surface area contributed by atoms with Crippen LogP contribution < -0.4 is 10.6 Å². The molecule has 3 aromatic heterocycles. The number of hydrogen-bond acceptors (Lipinski definition) is 5. The number of likely N-dealkylation sites (N-methyl/N-ethyl adjacent to an activating group) is 1. The van der Waals surface area contributed by atoms with Crippen molar-refractivity contribution in [1.29, 1.82) is 0 Å². The van der Waals surface area contributed by atoms with E-state index in [-0.39, 0.29) is 24.1 Å². The number of Topliss-reactive ketones (excluding diaryl/α,β-unsaturated/α-hetero) is 1. The van der Waals surface area contributed by atoms with Gasteiger partial charge in [0.2, 0.25) is 0 Å². The van der Waals surface area contributed by atoms with E-state index in [0.717, 1.165) is 33.6 Å². The highest BCUT2D eigenvalue weighted by Crippen LogP contribution is 2.34. The Hall–Kier alpha value is -3.58. The number of anilines is 2. The van der Waals surface area contributed by atoms with Gasteiger partial charge in [-0.05, 0) is 54.9 Å². The summed E-state index contributed by atoms with van der Waals surface area (Å²) in [7, 11) is 1.74. The lowest BCUT2D eigenvalue weighted by molar-refractivity contribution is 0.0995. The van der Waals surface area contributed by atoms with Crippen molar-refractivity contribution in [3.8, 4) is 11.3 Å². The first kappa shape index (κ1) is 20.7. The first-order chi connectivity index (χ1) is 15.0. The Morgan fingerprint density at radius 2 is 1.90 bits per heavy atom. The van der Waals surface area contributed by atoms with E-state index in [2.05, 4.69) is 39.4 Å². The first-order valence-corrected chi connectivity index (χ1v) is 10.1. The van der Waals surface area contributed by atoms with Crippen molar-refractivity contribution in [2.45, 2.75) is 19.8 Å². The molecule has 4 aromatic rings. The molecule has 0 saturated carbocycles. The van der Waals surface area contributed by atoms with E-state index in [0.29, 0.717) is 11.2 Å². The Balaban J connectivity index is 1.80. The summed E-state index contributed by atoms with van der Waals surface area (Å²) < 4.78 is 13.3. The van der Waals surface area contributed by atoms with Gasteiger partial charge in [-0.25, -0.2) is 9.37 Å². The van der Waals surface area contributed by atoms with Crippen LogP contribution in [0.25, 0.3) is 22.3 Å². The summed E-state index contributed by atoms with van der Waals surface area (Å²) in [6.07, 6.45) is 5.24. The molecule has 3 N–H and O–H groups in total. The second kappa shape index (κ2) is 8.65. The van der Waals surface area contributed by atoms with Gasteiger partial charge in [0.1, 0.15) is 11.5 Å². The Kier molecular flexibility index (Phi) is 5.77. The van der Waals surface area contributed by atoms with Crippen LogP contribution in [0, 0.1) is 5.82 Å². The van der Waals surface area contributed by atoms with E-state index >= 15 is 0 Å². The Labute approximate surface area is 179 Å². The van der Waals surface area contributed by atoms with Gasteiger partial charge in [0, 0.05) is 35.4 Å². The first-order valence-electron chi connectivity index (χ1n) is 10.1. The highest BCUT2D eigenvalue weighted by atomic mass is 19.1. The van der Waals surface area contributed by atoms with Gasteiger partial charge in [0.05, 0.1) is 23.3 Å². The summed E-state index contributed by atoms with van der Waals surface area (Å²) in [5.41, 5.74) is 5.48. The van der Waals surface area contributed by atoms with Gasteiger partial charge in [0.15, 0.2) is 5.78 Å². The van der Waals surface area contributed by atoms with Gasteiger partial charge in [-0.3, -0.25) is 9.78 Å². The van der Waals surface area contributed by atoms with Crippen LogP contribution in [0.5, 0.6) is 0 Å². The number of fused-ring (bicyclic) bond motifs is 1. The summed E-state index contributed by atoms with van der Waals surface area (Å²) >= 11 is 0. The van der Waals surface area contributed by atoms with Gasteiger partial charge < -0.3 is 15.6 Å². The van der Waals surface area contributed by atoms with Crippen LogP contribution in [0.4, 0.5) is 15.8 Å². The maximum atomic E-state index is 13.3. The number of ketones is 1. The van der Waals surface area contributed by atoms with Crippen molar-refractivity contribution in [2.75, 3.05) is 18.9 Å². The van der Waals surface area contributed by atoms with Crippen LogP contribution >= 0.6 is 0 Å². The van der Waals surface area contributed by atoms with E-state index in [1.165, 1.54) is 12.1 Å². The number of carbonyl (C=O) groups excluding carboxylic acids is 1.